The third kappa shape index (κ3) is 3.76. The maximum atomic E-state index is 12.7. The van der Waals surface area contributed by atoms with E-state index in [9.17, 15) is 21.6 Å². The zero-order valence-electron chi connectivity index (χ0n) is 11.0. The van der Waals surface area contributed by atoms with E-state index < -0.39 is 27.6 Å². The fourth-order valence-corrected chi connectivity index (χ4v) is 2.88. The largest absolute Gasteiger partial charge is 0.418 e. The molecule has 0 radical (unpaired) electrons. The molecule has 1 rings (SSSR count). The fraction of sp³-hybridized carbons (Fsp3) is 0.455. The standard InChI is InChI=1S/C11H16F3N3O2S/c1-3-17(4-2)20(18,19)16-8-5-6-10(15)9(7-8)11(12,13)14/h5-7,16H,3-4,15H2,1-2H3. The number of nitrogen functional groups attached to an aromatic ring is 1. The SMILES string of the molecule is CCN(CC)S(=O)(=O)Nc1ccc(N)c(C(F)(F)F)c1. The molecule has 5 nitrogen and oxygen atoms in total. The summed E-state index contributed by atoms with van der Waals surface area (Å²) in [5, 5.41) is 0. The maximum Gasteiger partial charge on any atom is 0.418 e. The first-order valence-corrected chi connectivity index (χ1v) is 7.30. The highest BCUT2D eigenvalue weighted by molar-refractivity contribution is 7.90. The molecule has 0 saturated heterocycles. The van der Waals surface area contributed by atoms with E-state index in [4.69, 9.17) is 5.73 Å². The summed E-state index contributed by atoms with van der Waals surface area (Å²) in [4.78, 5) is 0. The van der Waals surface area contributed by atoms with E-state index in [1.807, 2.05) is 0 Å². The molecule has 0 atom stereocenters. The monoisotopic (exact) mass is 311 g/mol. The van der Waals surface area contributed by atoms with Crippen LogP contribution < -0.4 is 10.5 Å². The van der Waals surface area contributed by atoms with Crippen molar-refractivity contribution in [3.63, 3.8) is 0 Å². The van der Waals surface area contributed by atoms with Crippen molar-refractivity contribution in [1.82, 2.24) is 4.31 Å². The van der Waals surface area contributed by atoms with Crippen LogP contribution in [0.5, 0.6) is 0 Å². The van der Waals surface area contributed by atoms with Gasteiger partial charge in [0.1, 0.15) is 0 Å². The first kappa shape index (κ1) is 16.6. The van der Waals surface area contributed by atoms with Gasteiger partial charge in [-0.1, -0.05) is 13.8 Å². The Kier molecular flexibility index (Phi) is 4.87. The Morgan fingerprint density at radius 1 is 1.25 bits per heavy atom. The van der Waals surface area contributed by atoms with Gasteiger partial charge in [-0.05, 0) is 18.2 Å². The minimum Gasteiger partial charge on any atom is -0.398 e. The molecular weight excluding hydrogens is 295 g/mol. The van der Waals surface area contributed by atoms with Crippen molar-refractivity contribution in [3.8, 4) is 0 Å². The minimum atomic E-state index is -4.64. The predicted molar refractivity (Wildman–Crippen MR) is 71.3 cm³/mol. The Morgan fingerprint density at radius 3 is 2.25 bits per heavy atom. The maximum absolute atomic E-state index is 12.7. The third-order valence-electron chi connectivity index (χ3n) is 2.65. The molecule has 9 heteroatoms. The predicted octanol–water partition coefficient (Wildman–Crippen LogP) is 2.29. The summed E-state index contributed by atoms with van der Waals surface area (Å²) in [7, 11) is -3.88. The number of anilines is 2. The smallest absolute Gasteiger partial charge is 0.398 e. The average molecular weight is 311 g/mol. The Balaban J connectivity index is 3.12. The number of rotatable bonds is 5. The molecule has 0 saturated carbocycles. The molecule has 0 spiro atoms. The summed E-state index contributed by atoms with van der Waals surface area (Å²) < 4.78 is 65.1. The van der Waals surface area contributed by atoms with Gasteiger partial charge >= 0.3 is 16.4 Å². The number of hydrogen-bond acceptors (Lipinski definition) is 3. The summed E-state index contributed by atoms with van der Waals surface area (Å²) in [6.07, 6.45) is -4.64. The molecule has 0 aromatic heterocycles. The second-order valence-electron chi connectivity index (χ2n) is 3.99. The molecule has 0 bridgehead atoms. The molecule has 1 aromatic carbocycles. The Morgan fingerprint density at radius 2 is 1.80 bits per heavy atom. The third-order valence-corrected chi connectivity index (χ3v) is 4.34. The van der Waals surface area contributed by atoms with Crippen LogP contribution >= 0.6 is 0 Å². The highest BCUT2D eigenvalue weighted by Gasteiger charge is 2.33. The Bertz CT molecular complexity index is 569. The number of benzene rings is 1. The van der Waals surface area contributed by atoms with Gasteiger partial charge in [0.15, 0.2) is 0 Å². The van der Waals surface area contributed by atoms with E-state index in [0.29, 0.717) is 6.07 Å². The van der Waals surface area contributed by atoms with E-state index in [-0.39, 0.29) is 18.8 Å². The molecular formula is C11H16F3N3O2S. The minimum absolute atomic E-state index is 0.182. The molecule has 0 unspecified atom stereocenters. The number of nitrogens with two attached hydrogens (primary N) is 1. The molecule has 0 amide bonds. The zero-order valence-corrected chi connectivity index (χ0v) is 11.8. The van der Waals surface area contributed by atoms with E-state index in [1.165, 1.54) is 6.07 Å². The van der Waals surface area contributed by atoms with Gasteiger partial charge in [0, 0.05) is 18.8 Å². The van der Waals surface area contributed by atoms with Crippen molar-refractivity contribution in [2.45, 2.75) is 20.0 Å². The summed E-state index contributed by atoms with van der Waals surface area (Å²) in [5.74, 6) is 0. The number of nitrogens with zero attached hydrogens (tertiary/aromatic N) is 1. The van der Waals surface area contributed by atoms with Crippen molar-refractivity contribution in [1.29, 1.82) is 0 Å². The summed E-state index contributed by atoms with van der Waals surface area (Å²) in [6, 6.07) is 2.88. The lowest BCUT2D eigenvalue weighted by Crippen LogP contribution is -2.35. The Labute approximate surface area is 115 Å². The molecule has 3 N–H and O–H groups in total. The molecule has 1 aromatic rings. The molecule has 0 fully saturated rings. The van der Waals surface area contributed by atoms with E-state index in [0.717, 1.165) is 10.4 Å². The van der Waals surface area contributed by atoms with E-state index in [1.54, 1.807) is 13.8 Å². The van der Waals surface area contributed by atoms with E-state index in [2.05, 4.69) is 4.72 Å². The molecule has 0 aliphatic rings. The van der Waals surface area contributed by atoms with Crippen LogP contribution in [0.1, 0.15) is 19.4 Å². The number of halogens is 3. The summed E-state index contributed by atoms with van der Waals surface area (Å²) in [6.45, 7) is 3.69. The lowest BCUT2D eigenvalue weighted by molar-refractivity contribution is -0.136. The average Bonchev–Trinajstić information content (AvgIpc) is 2.31. The first-order valence-electron chi connectivity index (χ1n) is 5.86. The molecule has 0 heterocycles. The van der Waals surface area contributed by atoms with Crippen molar-refractivity contribution in [2.75, 3.05) is 23.5 Å². The molecule has 20 heavy (non-hydrogen) atoms. The highest BCUT2D eigenvalue weighted by atomic mass is 32.2. The van der Waals surface area contributed by atoms with Crippen molar-refractivity contribution in [3.05, 3.63) is 23.8 Å². The normalized spacial score (nSPS) is 12.7. The van der Waals surface area contributed by atoms with E-state index >= 15 is 0 Å². The second kappa shape index (κ2) is 5.88. The van der Waals surface area contributed by atoms with Crippen molar-refractivity contribution >= 4 is 21.6 Å². The second-order valence-corrected chi connectivity index (χ2v) is 5.66. The van der Waals surface area contributed by atoms with Crippen LogP contribution in [0, 0.1) is 0 Å². The van der Waals surface area contributed by atoms with Gasteiger partial charge in [-0.25, -0.2) is 0 Å². The van der Waals surface area contributed by atoms with Gasteiger partial charge in [0.2, 0.25) is 0 Å². The topological polar surface area (TPSA) is 75.4 Å². The molecule has 0 aliphatic heterocycles. The van der Waals surface area contributed by atoms with Crippen molar-refractivity contribution < 1.29 is 21.6 Å². The lowest BCUT2D eigenvalue weighted by atomic mass is 10.1. The van der Waals surface area contributed by atoms with Crippen LogP contribution in [0.3, 0.4) is 0 Å². The van der Waals surface area contributed by atoms with Crippen LogP contribution in [0.2, 0.25) is 0 Å². The molecule has 0 aliphatic carbocycles. The summed E-state index contributed by atoms with van der Waals surface area (Å²) >= 11 is 0. The lowest BCUT2D eigenvalue weighted by Gasteiger charge is -2.20. The van der Waals surface area contributed by atoms with Crippen LogP contribution in [-0.2, 0) is 16.4 Å². The highest BCUT2D eigenvalue weighted by Crippen LogP contribution is 2.35. The van der Waals surface area contributed by atoms with Crippen LogP contribution in [0.4, 0.5) is 24.5 Å². The van der Waals surface area contributed by atoms with Gasteiger partial charge in [0.25, 0.3) is 0 Å². The van der Waals surface area contributed by atoms with Crippen molar-refractivity contribution in [2.24, 2.45) is 0 Å². The van der Waals surface area contributed by atoms with Gasteiger partial charge in [0.05, 0.1) is 11.3 Å². The Hall–Kier alpha value is -1.48. The summed E-state index contributed by atoms with van der Waals surface area (Å²) in [5.41, 5.74) is 3.53. The van der Waals surface area contributed by atoms with Gasteiger partial charge in [-0.15, -0.1) is 0 Å². The fourth-order valence-electron chi connectivity index (χ4n) is 1.64. The van der Waals surface area contributed by atoms with Crippen LogP contribution in [0.15, 0.2) is 18.2 Å². The van der Waals surface area contributed by atoms with Crippen LogP contribution in [-0.4, -0.2) is 25.8 Å². The number of nitrogens with one attached hydrogen (secondary N) is 1. The number of hydrogen-bond donors (Lipinski definition) is 2. The molecule has 114 valence electrons. The van der Waals surface area contributed by atoms with Gasteiger partial charge < -0.3 is 5.73 Å². The number of alkyl halides is 3. The van der Waals surface area contributed by atoms with Gasteiger partial charge in [-0.2, -0.15) is 25.9 Å². The first-order chi connectivity index (χ1) is 9.11. The zero-order chi connectivity index (χ0) is 15.6. The van der Waals surface area contributed by atoms with Crippen LogP contribution in [0.25, 0.3) is 0 Å². The quantitative estimate of drug-likeness (QED) is 0.819. The van der Waals surface area contributed by atoms with Gasteiger partial charge in [-0.3, -0.25) is 4.72 Å².